The molecule has 0 spiro atoms. The van der Waals surface area contributed by atoms with E-state index in [0.29, 0.717) is 5.75 Å². The van der Waals surface area contributed by atoms with Gasteiger partial charge in [-0.3, -0.25) is 4.90 Å². The summed E-state index contributed by atoms with van der Waals surface area (Å²) in [5.41, 5.74) is 1.18. The SMILES string of the molecule is CC(C)C1CCCN(Cc2cc(O)ccc2Br)CC1. The van der Waals surface area contributed by atoms with Crippen molar-refractivity contribution in [2.75, 3.05) is 13.1 Å². The topological polar surface area (TPSA) is 23.5 Å². The lowest BCUT2D eigenvalue weighted by Gasteiger charge is -2.22. The fourth-order valence-corrected chi connectivity index (χ4v) is 3.30. The maximum absolute atomic E-state index is 9.60. The molecule has 1 aromatic carbocycles. The molecule has 1 atom stereocenters. The van der Waals surface area contributed by atoms with Crippen LogP contribution in [0.25, 0.3) is 0 Å². The van der Waals surface area contributed by atoms with E-state index >= 15 is 0 Å². The molecular formula is C16H24BrNO. The number of aromatic hydroxyl groups is 1. The normalized spacial score (nSPS) is 21.6. The van der Waals surface area contributed by atoms with Gasteiger partial charge in [0.05, 0.1) is 0 Å². The third-order valence-corrected chi connectivity index (χ3v) is 5.01. The van der Waals surface area contributed by atoms with E-state index in [1.54, 1.807) is 6.07 Å². The smallest absolute Gasteiger partial charge is 0.115 e. The molecule has 1 N–H and O–H groups in total. The van der Waals surface area contributed by atoms with Crippen molar-refractivity contribution in [2.24, 2.45) is 11.8 Å². The molecule has 3 heteroatoms. The minimum absolute atomic E-state index is 0.355. The van der Waals surface area contributed by atoms with Crippen LogP contribution in [0.15, 0.2) is 22.7 Å². The molecule has 2 rings (SSSR count). The molecule has 0 aliphatic carbocycles. The number of rotatable bonds is 3. The average molecular weight is 326 g/mol. The minimum Gasteiger partial charge on any atom is -0.508 e. The van der Waals surface area contributed by atoms with Crippen molar-refractivity contribution in [3.8, 4) is 5.75 Å². The highest BCUT2D eigenvalue weighted by atomic mass is 79.9. The van der Waals surface area contributed by atoms with Crippen molar-refractivity contribution in [1.29, 1.82) is 0 Å². The van der Waals surface area contributed by atoms with Gasteiger partial charge in [-0.15, -0.1) is 0 Å². The van der Waals surface area contributed by atoms with Gasteiger partial charge in [0.25, 0.3) is 0 Å². The Morgan fingerprint density at radius 1 is 1.32 bits per heavy atom. The Kier molecular flexibility index (Phi) is 5.28. The summed E-state index contributed by atoms with van der Waals surface area (Å²) in [6.45, 7) is 7.95. The van der Waals surface area contributed by atoms with Crippen LogP contribution in [0.5, 0.6) is 5.75 Å². The summed E-state index contributed by atoms with van der Waals surface area (Å²) in [4.78, 5) is 2.52. The van der Waals surface area contributed by atoms with Gasteiger partial charge in [-0.25, -0.2) is 0 Å². The summed E-state index contributed by atoms with van der Waals surface area (Å²) in [5, 5.41) is 9.60. The largest absolute Gasteiger partial charge is 0.508 e. The Balaban J connectivity index is 1.98. The molecule has 1 aliphatic rings. The first-order chi connectivity index (χ1) is 9.06. The van der Waals surface area contributed by atoms with E-state index in [1.807, 2.05) is 12.1 Å². The van der Waals surface area contributed by atoms with Gasteiger partial charge in [0.1, 0.15) is 5.75 Å². The van der Waals surface area contributed by atoms with Crippen LogP contribution in [-0.2, 0) is 6.54 Å². The Morgan fingerprint density at radius 3 is 2.84 bits per heavy atom. The zero-order chi connectivity index (χ0) is 13.8. The molecule has 1 unspecified atom stereocenters. The summed E-state index contributed by atoms with van der Waals surface area (Å²) in [6.07, 6.45) is 3.95. The number of phenolic OH excluding ortho intramolecular Hbond substituents is 1. The third-order valence-electron chi connectivity index (χ3n) is 4.23. The molecule has 0 saturated carbocycles. The van der Waals surface area contributed by atoms with Gasteiger partial charge >= 0.3 is 0 Å². The van der Waals surface area contributed by atoms with Crippen LogP contribution in [0, 0.1) is 11.8 Å². The van der Waals surface area contributed by atoms with E-state index in [9.17, 15) is 5.11 Å². The van der Waals surface area contributed by atoms with Crippen molar-refractivity contribution in [3.05, 3.63) is 28.2 Å². The zero-order valence-electron chi connectivity index (χ0n) is 11.9. The van der Waals surface area contributed by atoms with Gasteiger partial charge in [-0.1, -0.05) is 29.8 Å². The number of benzene rings is 1. The Hall–Kier alpha value is -0.540. The molecule has 1 heterocycles. The van der Waals surface area contributed by atoms with Crippen molar-refractivity contribution >= 4 is 15.9 Å². The second-order valence-electron chi connectivity index (χ2n) is 5.99. The predicted molar refractivity (Wildman–Crippen MR) is 83.3 cm³/mol. The molecular weight excluding hydrogens is 302 g/mol. The summed E-state index contributed by atoms with van der Waals surface area (Å²) in [7, 11) is 0. The molecule has 0 bridgehead atoms. The molecule has 106 valence electrons. The second kappa shape index (κ2) is 6.76. The molecule has 1 aromatic rings. The van der Waals surface area contributed by atoms with Gasteiger partial charge in [0, 0.05) is 11.0 Å². The quantitative estimate of drug-likeness (QED) is 0.889. The molecule has 19 heavy (non-hydrogen) atoms. The number of halogens is 1. The van der Waals surface area contributed by atoms with E-state index in [0.717, 1.165) is 22.9 Å². The molecule has 2 nitrogen and oxygen atoms in total. The fraction of sp³-hybridized carbons (Fsp3) is 0.625. The van der Waals surface area contributed by atoms with Gasteiger partial charge in [-0.2, -0.15) is 0 Å². The first-order valence-corrected chi connectivity index (χ1v) is 8.05. The summed E-state index contributed by atoms with van der Waals surface area (Å²) in [5.74, 6) is 2.03. The lowest BCUT2D eigenvalue weighted by atomic mass is 9.89. The Bertz CT molecular complexity index is 419. The Morgan fingerprint density at radius 2 is 2.11 bits per heavy atom. The molecule has 0 aromatic heterocycles. The molecule has 1 aliphatic heterocycles. The molecule has 0 radical (unpaired) electrons. The van der Waals surface area contributed by atoms with Gasteiger partial charge < -0.3 is 5.11 Å². The first kappa shape index (κ1) is 14.9. The predicted octanol–water partition coefficient (Wildman–Crippen LogP) is 4.41. The standard InChI is InChI=1S/C16H24BrNO/c1-12(2)13-4-3-8-18(9-7-13)11-14-10-15(19)5-6-16(14)17/h5-6,10,12-13,19H,3-4,7-9,11H2,1-2H3. The summed E-state index contributed by atoms with van der Waals surface area (Å²) >= 11 is 3.57. The van der Waals surface area contributed by atoms with Gasteiger partial charge in [-0.05, 0) is 68.0 Å². The highest BCUT2D eigenvalue weighted by molar-refractivity contribution is 9.10. The van der Waals surface area contributed by atoms with E-state index in [2.05, 4.69) is 34.7 Å². The van der Waals surface area contributed by atoms with Gasteiger partial charge in [0.2, 0.25) is 0 Å². The van der Waals surface area contributed by atoms with E-state index in [-0.39, 0.29) is 0 Å². The highest BCUT2D eigenvalue weighted by Crippen LogP contribution is 2.27. The maximum Gasteiger partial charge on any atom is 0.115 e. The third kappa shape index (κ3) is 4.22. The van der Waals surface area contributed by atoms with Crippen molar-refractivity contribution in [2.45, 2.75) is 39.7 Å². The van der Waals surface area contributed by atoms with E-state index in [1.165, 1.54) is 37.9 Å². The average Bonchev–Trinajstić information content (AvgIpc) is 2.59. The first-order valence-electron chi connectivity index (χ1n) is 7.26. The van der Waals surface area contributed by atoms with Crippen LogP contribution in [0.2, 0.25) is 0 Å². The number of phenols is 1. The molecule has 0 amide bonds. The fourth-order valence-electron chi connectivity index (χ4n) is 2.93. The molecule has 1 fully saturated rings. The second-order valence-corrected chi connectivity index (χ2v) is 6.84. The van der Waals surface area contributed by atoms with Crippen molar-refractivity contribution < 1.29 is 5.11 Å². The van der Waals surface area contributed by atoms with Gasteiger partial charge in [0.15, 0.2) is 0 Å². The maximum atomic E-state index is 9.60. The van der Waals surface area contributed by atoms with Crippen molar-refractivity contribution in [3.63, 3.8) is 0 Å². The number of hydrogen-bond acceptors (Lipinski definition) is 2. The number of hydrogen-bond donors (Lipinski definition) is 1. The van der Waals surface area contributed by atoms with Crippen LogP contribution < -0.4 is 0 Å². The van der Waals surface area contributed by atoms with Crippen LogP contribution in [-0.4, -0.2) is 23.1 Å². The minimum atomic E-state index is 0.355. The lowest BCUT2D eigenvalue weighted by Crippen LogP contribution is -2.24. The molecule has 1 saturated heterocycles. The van der Waals surface area contributed by atoms with Crippen LogP contribution in [0.3, 0.4) is 0 Å². The number of likely N-dealkylation sites (tertiary alicyclic amines) is 1. The van der Waals surface area contributed by atoms with E-state index < -0.39 is 0 Å². The van der Waals surface area contributed by atoms with E-state index in [4.69, 9.17) is 0 Å². The zero-order valence-corrected chi connectivity index (χ0v) is 13.5. The number of nitrogens with zero attached hydrogens (tertiary/aromatic N) is 1. The van der Waals surface area contributed by atoms with Crippen LogP contribution >= 0.6 is 15.9 Å². The summed E-state index contributed by atoms with van der Waals surface area (Å²) in [6, 6.07) is 5.53. The Labute approximate surface area is 124 Å². The lowest BCUT2D eigenvalue weighted by molar-refractivity contribution is 0.264. The van der Waals surface area contributed by atoms with Crippen molar-refractivity contribution in [1.82, 2.24) is 4.90 Å². The highest BCUT2D eigenvalue weighted by Gasteiger charge is 2.19. The van der Waals surface area contributed by atoms with Crippen LogP contribution in [0.1, 0.15) is 38.7 Å². The summed E-state index contributed by atoms with van der Waals surface area (Å²) < 4.78 is 1.09. The monoisotopic (exact) mass is 325 g/mol. The van der Waals surface area contributed by atoms with Crippen LogP contribution in [0.4, 0.5) is 0 Å².